The van der Waals surface area contributed by atoms with Crippen LogP contribution in [-0.2, 0) is 6.54 Å². The molecule has 0 saturated heterocycles. The minimum Gasteiger partial charge on any atom is -0.467 e. The minimum atomic E-state index is 0.0905. The van der Waals surface area contributed by atoms with Crippen LogP contribution in [0.25, 0.3) is 0 Å². The smallest absolute Gasteiger partial charge is 0.125 e. The summed E-state index contributed by atoms with van der Waals surface area (Å²) in [5.74, 6) is 0.949. The first kappa shape index (κ1) is 13.2. The summed E-state index contributed by atoms with van der Waals surface area (Å²) in [5, 5.41) is 5.73. The van der Waals surface area contributed by atoms with Gasteiger partial charge in [0.25, 0.3) is 0 Å². The average molecular weight is 283 g/mol. The van der Waals surface area contributed by atoms with Crippen LogP contribution in [0.2, 0.25) is 0 Å². The molecule has 0 aliphatic carbocycles. The standard InChI is InChI=1S/C17H17NOS/c1-13-9-11-20-16(13)12-18-17(15-8-5-10-19-15)14-6-3-2-4-7-14/h2-11,17-18H,12H2,1H3. The number of benzene rings is 1. The first-order valence-electron chi connectivity index (χ1n) is 6.69. The number of furan rings is 1. The van der Waals surface area contributed by atoms with Crippen LogP contribution in [0.1, 0.15) is 27.8 Å². The highest BCUT2D eigenvalue weighted by molar-refractivity contribution is 7.10. The molecule has 3 aromatic rings. The molecule has 0 saturated carbocycles. The Morgan fingerprint density at radius 3 is 2.60 bits per heavy atom. The van der Waals surface area contributed by atoms with Gasteiger partial charge < -0.3 is 4.42 Å². The molecule has 20 heavy (non-hydrogen) atoms. The highest BCUT2D eigenvalue weighted by atomic mass is 32.1. The second-order valence-electron chi connectivity index (χ2n) is 4.77. The molecule has 1 N–H and O–H groups in total. The van der Waals surface area contributed by atoms with Crippen LogP contribution < -0.4 is 5.32 Å². The summed E-state index contributed by atoms with van der Waals surface area (Å²) in [5.41, 5.74) is 2.56. The molecule has 3 rings (SSSR count). The van der Waals surface area contributed by atoms with Crippen molar-refractivity contribution >= 4 is 11.3 Å². The molecule has 2 nitrogen and oxygen atoms in total. The predicted octanol–water partition coefficient (Wildman–Crippen LogP) is 4.53. The Hall–Kier alpha value is -1.84. The Labute approximate surface area is 123 Å². The van der Waals surface area contributed by atoms with Crippen molar-refractivity contribution in [2.75, 3.05) is 0 Å². The van der Waals surface area contributed by atoms with Gasteiger partial charge in [-0.05, 0) is 41.6 Å². The SMILES string of the molecule is Cc1ccsc1CNC(c1ccccc1)c1ccco1. The molecule has 1 atom stereocenters. The monoisotopic (exact) mass is 283 g/mol. The zero-order valence-electron chi connectivity index (χ0n) is 11.4. The normalized spacial score (nSPS) is 12.4. The van der Waals surface area contributed by atoms with Crippen LogP contribution >= 0.6 is 11.3 Å². The van der Waals surface area contributed by atoms with Crippen molar-refractivity contribution in [3.05, 3.63) is 81.9 Å². The van der Waals surface area contributed by atoms with E-state index in [0.29, 0.717) is 0 Å². The highest BCUT2D eigenvalue weighted by Crippen LogP contribution is 2.24. The van der Waals surface area contributed by atoms with Crippen molar-refractivity contribution in [2.45, 2.75) is 19.5 Å². The average Bonchev–Trinajstić information content (AvgIpc) is 3.13. The maximum absolute atomic E-state index is 5.59. The largest absolute Gasteiger partial charge is 0.467 e. The van der Waals surface area contributed by atoms with Gasteiger partial charge in [-0.25, -0.2) is 0 Å². The zero-order valence-corrected chi connectivity index (χ0v) is 12.2. The number of thiophene rings is 1. The fourth-order valence-electron chi connectivity index (χ4n) is 2.26. The first-order valence-corrected chi connectivity index (χ1v) is 7.57. The maximum atomic E-state index is 5.59. The van der Waals surface area contributed by atoms with E-state index in [4.69, 9.17) is 4.42 Å². The molecule has 2 heterocycles. The van der Waals surface area contributed by atoms with Gasteiger partial charge in [-0.2, -0.15) is 0 Å². The van der Waals surface area contributed by atoms with Crippen LogP contribution in [0.5, 0.6) is 0 Å². The van der Waals surface area contributed by atoms with E-state index in [1.807, 2.05) is 18.2 Å². The minimum absolute atomic E-state index is 0.0905. The van der Waals surface area contributed by atoms with Crippen molar-refractivity contribution in [2.24, 2.45) is 0 Å². The van der Waals surface area contributed by atoms with Crippen molar-refractivity contribution < 1.29 is 4.42 Å². The van der Waals surface area contributed by atoms with E-state index in [0.717, 1.165) is 12.3 Å². The highest BCUT2D eigenvalue weighted by Gasteiger charge is 2.16. The van der Waals surface area contributed by atoms with Gasteiger partial charge >= 0.3 is 0 Å². The van der Waals surface area contributed by atoms with Crippen LogP contribution in [0.4, 0.5) is 0 Å². The molecule has 0 aliphatic heterocycles. The van der Waals surface area contributed by atoms with Gasteiger partial charge in [-0.1, -0.05) is 30.3 Å². The van der Waals surface area contributed by atoms with Crippen molar-refractivity contribution in [3.8, 4) is 0 Å². The van der Waals surface area contributed by atoms with E-state index in [1.165, 1.54) is 16.0 Å². The third-order valence-electron chi connectivity index (χ3n) is 3.40. The Kier molecular flexibility index (Phi) is 4.00. The third kappa shape index (κ3) is 2.84. The summed E-state index contributed by atoms with van der Waals surface area (Å²) in [6.45, 7) is 3.00. The van der Waals surface area contributed by atoms with Crippen molar-refractivity contribution in [1.29, 1.82) is 0 Å². The number of nitrogens with one attached hydrogen (secondary N) is 1. The lowest BCUT2D eigenvalue weighted by atomic mass is 10.0. The molecule has 0 radical (unpaired) electrons. The summed E-state index contributed by atoms with van der Waals surface area (Å²) in [6.07, 6.45) is 1.73. The Balaban J connectivity index is 1.82. The van der Waals surface area contributed by atoms with Gasteiger partial charge in [0.15, 0.2) is 0 Å². The third-order valence-corrected chi connectivity index (χ3v) is 4.42. The molecule has 2 aromatic heterocycles. The van der Waals surface area contributed by atoms with Crippen LogP contribution in [0, 0.1) is 6.92 Å². The molecule has 1 aromatic carbocycles. The molecule has 3 heteroatoms. The summed E-state index contributed by atoms with van der Waals surface area (Å²) < 4.78 is 5.59. The van der Waals surface area contributed by atoms with E-state index in [2.05, 4.69) is 48.0 Å². The molecular formula is C17H17NOS. The maximum Gasteiger partial charge on any atom is 0.125 e. The summed E-state index contributed by atoms with van der Waals surface area (Å²) in [6, 6.07) is 16.6. The summed E-state index contributed by atoms with van der Waals surface area (Å²) in [4.78, 5) is 1.37. The van der Waals surface area contributed by atoms with Gasteiger partial charge in [-0.3, -0.25) is 5.32 Å². The molecule has 0 fully saturated rings. The fraction of sp³-hybridized carbons (Fsp3) is 0.176. The van der Waals surface area contributed by atoms with Gasteiger partial charge in [0.1, 0.15) is 5.76 Å². The van der Waals surface area contributed by atoms with Gasteiger partial charge in [0.05, 0.1) is 12.3 Å². The van der Waals surface area contributed by atoms with Crippen molar-refractivity contribution in [1.82, 2.24) is 5.32 Å². The molecule has 0 bridgehead atoms. The molecule has 1 unspecified atom stereocenters. The van der Waals surface area contributed by atoms with Crippen LogP contribution in [-0.4, -0.2) is 0 Å². The van der Waals surface area contributed by atoms with Gasteiger partial charge in [0, 0.05) is 11.4 Å². The van der Waals surface area contributed by atoms with E-state index in [9.17, 15) is 0 Å². The molecule has 0 aliphatic rings. The van der Waals surface area contributed by atoms with Crippen LogP contribution in [0.15, 0.2) is 64.6 Å². The van der Waals surface area contributed by atoms with E-state index in [1.54, 1.807) is 17.6 Å². The first-order chi connectivity index (χ1) is 9.84. The zero-order chi connectivity index (χ0) is 13.8. The van der Waals surface area contributed by atoms with E-state index >= 15 is 0 Å². The number of hydrogen-bond donors (Lipinski definition) is 1. The quantitative estimate of drug-likeness (QED) is 0.744. The lowest BCUT2D eigenvalue weighted by Crippen LogP contribution is -2.21. The molecule has 0 spiro atoms. The van der Waals surface area contributed by atoms with Crippen molar-refractivity contribution in [3.63, 3.8) is 0 Å². The second-order valence-corrected chi connectivity index (χ2v) is 5.77. The van der Waals surface area contributed by atoms with E-state index in [-0.39, 0.29) is 6.04 Å². The Bertz CT molecular complexity index is 643. The van der Waals surface area contributed by atoms with Crippen LogP contribution in [0.3, 0.4) is 0 Å². The number of rotatable bonds is 5. The fourth-order valence-corrected chi connectivity index (χ4v) is 3.12. The van der Waals surface area contributed by atoms with Gasteiger partial charge in [0.2, 0.25) is 0 Å². The summed E-state index contributed by atoms with van der Waals surface area (Å²) >= 11 is 1.79. The Morgan fingerprint density at radius 2 is 1.95 bits per heavy atom. The lowest BCUT2D eigenvalue weighted by molar-refractivity contribution is 0.446. The lowest BCUT2D eigenvalue weighted by Gasteiger charge is -2.17. The Morgan fingerprint density at radius 1 is 1.10 bits per heavy atom. The summed E-state index contributed by atoms with van der Waals surface area (Å²) in [7, 11) is 0. The molecule has 0 amide bonds. The van der Waals surface area contributed by atoms with Gasteiger partial charge in [-0.15, -0.1) is 11.3 Å². The number of hydrogen-bond acceptors (Lipinski definition) is 3. The molecular weight excluding hydrogens is 266 g/mol. The topological polar surface area (TPSA) is 25.2 Å². The predicted molar refractivity (Wildman–Crippen MR) is 82.9 cm³/mol. The number of aryl methyl sites for hydroxylation is 1. The second kappa shape index (κ2) is 6.07. The van der Waals surface area contributed by atoms with E-state index < -0.39 is 0 Å². The molecule has 102 valence electrons.